The first-order chi connectivity index (χ1) is 12.5. The minimum Gasteiger partial charge on any atom is -0.324 e. The van der Waals surface area contributed by atoms with E-state index in [-0.39, 0.29) is 22.2 Å². The summed E-state index contributed by atoms with van der Waals surface area (Å²) in [5.41, 5.74) is 0.460. The molecule has 0 saturated heterocycles. The second-order valence-electron chi connectivity index (χ2n) is 5.28. The lowest BCUT2D eigenvalue weighted by atomic mass is 10.3. The minimum atomic E-state index is -0.484. The van der Waals surface area contributed by atoms with Gasteiger partial charge in [0.05, 0.1) is 21.8 Å². The minimum absolute atomic E-state index is 0.0124. The van der Waals surface area contributed by atoms with Crippen molar-refractivity contribution in [2.24, 2.45) is 0 Å². The Morgan fingerprint density at radius 2 is 2.19 bits per heavy atom. The van der Waals surface area contributed by atoms with Crippen LogP contribution in [0.4, 0.5) is 10.1 Å². The van der Waals surface area contributed by atoms with Gasteiger partial charge in [0.15, 0.2) is 10.8 Å². The van der Waals surface area contributed by atoms with Crippen molar-refractivity contribution in [2.75, 3.05) is 11.1 Å². The van der Waals surface area contributed by atoms with Crippen molar-refractivity contribution in [3.05, 3.63) is 57.7 Å². The maximum Gasteiger partial charge on any atom is 0.263 e. The Morgan fingerprint density at radius 1 is 1.38 bits per heavy atom. The molecule has 0 saturated carbocycles. The number of benzene rings is 1. The van der Waals surface area contributed by atoms with Crippen molar-refractivity contribution in [1.82, 2.24) is 14.5 Å². The smallest absolute Gasteiger partial charge is 0.263 e. The van der Waals surface area contributed by atoms with Crippen LogP contribution in [0, 0.1) is 5.82 Å². The number of anilines is 1. The molecule has 3 rings (SSSR count). The molecule has 2 aromatic heterocycles. The lowest BCUT2D eigenvalue weighted by molar-refractivity contribution is -0.113. The highest BCUT2D eigenvalue weighted by molar-refractivity contribution is 7.99. The summed E-state index contributed by atoms with van der Waals surface area (Å²) in [5, 5.41) is 3.56. The van der Waals surface area contributed by atoms with E-state index in [1.165, 1.54) is 16.7 Å². The molecule has 0 aliphatic carbocycles. The number of halogens is 2. The highest BCUT2D eigenvalue weighted by Gasteiger charge is 2.13. The lowest BCUT2D eigenvalue weighted by Gasteiger charge is -2.11. The molecule has 3 aromatic rings. The Bertz CT molecular complexity index is 1040. The zero-order valence-electron chi connectivity index (χ0n) is 13.7. The standard InChI is InChI=1S/C17H14ClFN4O2S/c1-2-23-16(25)11-4-3-7-20-15(11)22-17(23)26-9-14(24)21-13-6-5-10(19)8-12(13)18/h3-8H,2,9H2,1H3,(H,21,24). The molecule has 0 aliphatic heterocycles. The monoisotopic (exact) mass is 392 g/mol. The molecule has 134 valence electrons. The summed E-state index contributed by atoms with van der Waals surface area (Å²) >= 11 is 7.02. The molecule has 6 nitrogen and oxygen atoms in total. The number of fused-ring (bicyclic) bond motifs is 1. The maximum atomic E-state index is 13.1. The van der Waals surface area contributed by atoms with Gasteiger partial charge in [-0.25, -0.2) is 14.4 Å². The van der Waals surface area contributed by atoms with E-state index < -0.39 is 5.82 Å². The molecule has 0 radical (unpaired) electrons. The number of hydrogen-bond acceptors (Lipinski definition) is 5. The molecule has 0 spiro atoms. The number of carbonyl (C=O) groups is 1. The van der Waals surface area contributed by atoms with Gasteiger partial charge in [-0.15, -0.1) is 0 Å². The van der Waals surface area contributed by atoms with E-state index in [4.69, 9.17) is 11.6 Å². The van der Waals surface area contributed by atoms with Crippen LogP contribution in [-0.4, -0.2) is 26.2 Å². The third-order valence-electron chi connectivity index (χ3n) is 3.55. The average molecular weight is 393 g/mol. The topological polar surface area (TPSA) is 76.9 Å². The van der Waals surface area contributed by atoms with E-state index in [1.807, 2.05) is 6.92 Å². The Balaban J connectivity index is 1.78. The quantitative estimate of drug-likeness (QED) is 0.532. The average Bonchev–Trinajstić information content (AvgIpc) is 2.62. The van der Waals surface area contributed by atoms with Crippen LogP contribution in [0.3, 0.4) is 0 Å². The summed E-state index contributed by atoms with van der Waals surface area (Å²) in [4.78, 5) is 33.1. The van der Waals surface area contributed by atoms with E-state index in [0.717, 1.165) is 17.8 Å². The molecule has 1 aromatic carbocycles. The number of nitrogens with one attached hydrogen (secondary N) is 1. The molecule has 0 unspecified atom stereocenters. The predicted octanol–water partition coefficient (Wildman–Crippen LogP) is 3.33. The van der Waals surface area contributed by atoms with Crippen LogP contribution in [0.5, 0.6) is 0 Å². The number of thioether (sulfide) groups is 1. The molecule has 0 bridgehead atoms. The van der Waals surface area contributed by atoms with Gasteiger partial charge >= 0.3 is 0 Å². The third kappa shape index (κ3) is 3.86. The molecule has 26 heavy (non-hydrogen) atoms. The van der Waals surface area contributed by atoms with Gasteiger partial charge in [-0.3, -0.25) is 14.2 Å². The van der Waals surface area contributed by atoms with Crippen LogP contribution in [-0.2, 0) is 11.3 Å². The van der Waals surface area contributed by atoms with E-state index in [9.17, 15) is 14.0 Å². The number of nitrogens with zero attached hydrogens (tertiary/aromatic N) is 3. The summed E-state index contributed by atoms with van der Waals surface area (Å²) in [7, 11) is 0. The second-order valence-corrected chi connectivity index (χ2v) is 6.63. The largest absolute Gasteiger partial charge is 0.324 e. The summed E-state index contributed by atoms with van der Waals surface area (Å²) < 4.78 is 14.5. The van der Waals surface area contributed by atoms with Crippen molar-refractivity contribution >= 4 is 46.0 Å². The molecular formula is C17H14ClFN4O2S. The number of hydrogen-bond donors (Lipinski definition) is 1. The first-order valence-electron chi connectivity index (χ1n) is 7.73. The van der Waals surface area contributed by atoms with E-state index in [2.05, 4.69) is 15.3 Å². The van der Waals surface area contributed by atoms with Gasteiger partial charge in [0.1, 0.15) is 5.82 Å². The fraction of sp³-hybridized carbons (Fsp3) is 0.176. The predicted molar refractivity (Wildman–Crippen MR) is 100 cm³/mol. The number of aromatic nitrogens is 3. The highest BCUT2D eigenvalue weighted by Crippen LogP contribution is 2.23. The van der Waals surface area contributed by atoms with Gasteiger partial charge in [-0.1, -0.05) is 23.4 Å². The molecule has 0 fully saturated rings. The van der Waals surface area contributed by atoms with Crippen molar-refractivity contribution in [3.8, 4) is 0 Å². The van der Waals surface area contributed by atoms with E-state index >= 15 is 0 Å². The number of pyridine rings is 1. The Labute approximate surface area is 157 Å². The summed E-state index contributed by atoms with van der Waals surface area (Å²) in [6.45, 7) is 2.25. The molecule has 2 heterocycles. The zero-order valence-corrected chi connectivity index (χ0v) is 15.3. The van der Waals surface area contributed by atoms with Crippen LogP contribution in [0.2, 0.25) is 5.02 Å². The van der Waals surface area contributed by atoms with Crippen LogP contribution in [0.1, 0.15) is 6.92 Å². The van der Waals surface area contributed by atoms with Crippen molar-refractivity contribution in [3.63, 3.8) is 0 Å². The number of rotatable bonds is 5. The van der Waals surface area contributed by atoms with Crippen LogP contribution >= 0.6 is 23.4 Å². The van der Waals surface area contributed by atoms with Crippen LogP contribution in [0.25, 0.3) is 11.0 Å². The van der Waals surface area contributed by atoms with Crippen LogP contribution in [0.15, 0.2) is 46.5 Å². The Hall–Kier alpha value is -2.45. The van der Waals surface area contributed by atoms with Crippen LogP contribution < -0.4 is 10.9 Å². The van der Waals surface area contributed by atoms with Gasteiger partial charge in [-0.05, 0) is 37.3 Å². The first-order valence-corrected chi connectivity index (χ1v) is 9.09. The second kappa shape index (κ2) is 7.84. The van der Waals surface area contributed by atoms with Gasteiger partial charge in [0, 0.05) is 12.7 Å². The van der Waals surface area contributed by atoms with Gasteiger partial charge < -0.3 is 5.32 Å². The molecule has 1 N–H and O–H groups in total. The number of amides is 1. The lowest BCUT2D eigenvalue weighted by Crippen LogP contribution is -2.23. The van der Waals surface area contributed by atoms with Gasteiger partial charge in [-0.2, -0.15) is 0 Å². The Kier molecular flexibility index (Phi) is 5.53. The van der Waals surface area contributed by atoms with Crippen molar-refractivity contribution in [2.45, 2.75) is 18.6 Å². The van der Waals surface area contributed by atoms with Crippen molar-refractivity contribution < 1.29 is 9.18 Å². The molecule has 0 aliphatic rings. The van der Waals surface area contributed by atoms with Crippen molar-refractivity contribution in [1.29, 1.82) is 0 Å². The molecule has 9 heteroatoms. The first kappa shape index (κ1) is 18.3. The molecular weight excluding hydrogens is 379 g/mol. The summed E-state index contributed by atoms with van der Waals surface area (Å²) in [6.07, 6.45) is 1.56. The molecule has 1 amide bonds. The molecule has 0 atom stereocenters. The fourth-order valence-corrected chi connectivity index (χ4v) is 3.40. The Morgan fingerprint density at radius 3 is 2.92 bits per heavy atom. The van der Waals surface area contributed by atoms with E-state index in [0.29, 0.717) is 28.4 Å². The summed E-state index contributed by atoms with van der Waals surface area (Å²) in [5.74, 6) is -0.817. The normalized spacial score (nSPS) is 10.9. The number of carbonyl (C=O) groups excluding carboxylic acids is 1. The maximum absolute atomic E-state index is 13.1. The fourth-order valence-electron chi connectivity index (χ4n) is 2.33. The SMILES string of the molecule is CCn1c(SCC(=O)Nc2ccc(F)cc2Cl)nc2ncccc2c1=O. The third-order valence-corrected chi connectivity index (χ3v) is 4.84. The summed E-state index contributed by atoms with van der Waals surface area (Å²) in [6, 6.07) is 7.07. The van der Waals surface area contributed by atoms with Gasteiger partial charge in [0.25, 0.3) is 5.56 Å². The zero-order chi connectivity index (χ0) is 18.7. The van der Waals surface area contributed by atoms with E-state index in [1.54, 1.807) is 18.3 Å². The highest BCUT2D eigenvalue weighted by atomic mass is 35.5. The van der Waals surface area contributed by atoms with Gasteiger partial charge in [0.2, 0.25) is 5.91 Å².